The van der Waals surface area contributed by atoms with Crippen LogP contribution in [0.4, 0.5) is 4.79 Å². The Hall–Kier alpha value is -2.04. The van der Waals surface area contributed by atoms with Crippen LogP contribution in [0.1, 0.15) is 69.9 Å². The van der Waals surface area contributed by atoms with Gasteiger partial charge in [-0.25, -0.2) is 4.79 Å². The van der Waals surface area contributed by atoms with Crippen molar-refractivity contribution in [1.29, 1.82) is 0 Å². The molecule has 2 amide bonds. The summed E-state index contributed by atoms with van der Waals surface area (Å²) >= 11 is 0. The van der Waals surface area contributed by atoms with Crippen LogP contribution in [0.3, 0.4) is 0 Å². The van der Waals surface area contributed by atoms with Gasteiger partial charge in [0.2, 0.25) is 5.91 Å². The summed E-state index contributed by atoms with van der Waals surface area (Å²) in [4.78, 5) is 26.2. The number of nitrogens with zero attached hydrogens (tertiary/aromatic N) is 1. The molecule has 1 spiro atoms. The molecule has 1 aliphatic carbocycles. The molecule has 0 radical (unpaired) electrons. The number of cyclic esters (lactones) is 1. The summed E-state index contributed by atoms with van der Waals surface area (Å²) in [5.74, 6) is 0.693. The van der Waals surface area contributed by atoms with Crippen LogP contribution in [0.5, 0.6) is 0 Å². The van der Waals surface area contributed by atoms with Crippen molar-refractivity contribution in [3.63, 3.8) is 0 Å². The summed E-state index contributed by atoms with van der Waals surface area (Å²) in [5, 5.41) is 2.68. The Labute approximate surface area is 174 Å². The first-order chi connectivity index (χ1) is 13.8. The highest BCUT2D eigenvalue weighted by Crippen LogP contribution is 2.56. The minimum Gasteiger partial charge on any atom is -0.450 e. The van der Waals surface area contributed by atoms with E-state index in [9.17, 15) is 9.59 Å². The Kier molecular flexibility index (Phi) is 5.34. The van der Waals surface area contributed by atoms with Crippen molar-refractivity contribution < 1.29 is 14.3 Å². The second-order valence-electron chi connectivity index (χ2n) is 10.3. The van der Waals surface area contributed by atoms with Crippen molar-refractivity contribution in [3.8, 4) is 0 Å². The molecule has 0 unspecified atom stereocenters. The number of carbonyl (C=O) groups excluding carboxylic acids is 2. The maximum atomic E-state index is 12.9. The minimum atomic E-state index is -0.408. The summed E-state index contributed by atoms with van der Waals surface area (Å²) in [6.45, 7) is 9.23. The Morgan fingerprint density at radius 2 is 1.93 bits per heavy atom. The third kappa shape index (κ3) is 4.29. The van der Waals surface area contributed by atoms with Crippen LogP contribution in [-0.2, 0) is 14.9 Å². The van der Waals surface area contributed by atoms with E-state index in [0.29, 0.717) is 30.9 Å². The molecule has 5 heteroatoms. The van der Waals surface area contributed by atoms with Gasteiger partial charge in [-0.2, -0.15) is 0 Å². The van der Waals surface area contributed by atoms with E-state index in [1.807, 2.05) is 4.90 Å². The van der Waals surface area contributed by atoms with Gasteiger partial charge in [-0.1, -0.05) is 45.0 Å². The van der Waals surface area contributed by atoms with E-state index in [-0.39, 0.29) is 17.2 Å². The topological polar surface area (TPSA) is 58.6 Å². The minimum absolute atomic E-state index is 0.148. The highest BCUT2D eigenvalue weighted by Gasteiger charge is 2.47. The zero-order valence-electron chi connectivity index (χ0n) is 18.0. The van der Waals surface area contributed by atoms with E-state index in [4.69, 9.17) is 4.74 Å². The maximum absolute atomic E-state index is 12.9. The highest BCUT2D eigenvalue weighted by atomic mass is 16.5. The van der Waals surface area contributed by atoms with E-state index in [1.165, 1.54) is 24.0 Å². The van der Waals surface area contributed by atoms with E-state index in [1.54, 1.807) is 0 Å². The van der Waals surface area contributed by atoms with Gasteiger partial charge in [0, 0.05) is 19.6 Å². The van der Waals surface area contributed by atoms with Crippen LogP contribution in [0.2, 0.25) is 0 Å². The molecule has 4 rings (SSSR count). The Morgan fingerprint density at radius 1 is 1.21 bits per heavy atom. The molecule has 1 N–H and O–H groups in total. The number of piperidine rings is 1. The molecule has 3 fully saturated rings. The average Bonchev–Trinajstić information content (AvgIpc) is 2.89. The zero-order chi connectivity index (χ0) is 20.6. The monoisotopic (exact) mass is 398 g/mol. The largest absolute Gasteiger partial charge is 0.450 e. The number of benzene rings is 1. The number of ether oxygens (including phenoxy) is 1. The van der Waals surface area contributed by atoms with Gasteiger partial charge in [-0.05, 0) is 60.0 Å². The van der Waals surface area contributed by atoms with E-state index < -0.39 is 6.09 Å². The lowest BCUT2D eigenvalue weighted by atomic mass is 9.56. The lowest BCUT2D eigenvalue weighted by Gasteiger charge is -2.53. The lowest BCUT2D eigenvalue weighted by molar-refractivity contribution is -0.139. The molecular formula is C24H34N2O3. The van der Waals surface area contributed by atoms with Crippen LogP contribution >= 0.6 is 0 Å². The molecule has 3 aliphatic rings. The van der Waals surface area contributed by atoms with Crippen LogP contribution in [-0.4, -0.2) is 43.1 Å². The van der Waals surface area contributed by atoms with E-state index in [2.05, 4.69) is 50.4 Å². The normalized spacial score (nSPS) is 25.0. The van der Waals surface area contributed by atoms with Crippen molar-refractivity contribution in [2.45, 2.75) is 64.2 Å². The molecule has 0 aromatic heterocycles. The van der Waals surface area contributed by atoms with Crippen molar-refractivity contribution >= 4 is 12.0 Å². The second-order valence-corrected chi connectivity index (χ2v) is 10.3. The molecule has 5 nitrogen and oxygen atoms in total. The van der Waals surface area contributed by atoms with Crippen LogP contribution in [0, 0.1) is 11.3 Å². The maximum Gasteiger partial charge on any atom is 0.407 e. The zero-order valence-corrected chi connectivity index (χ0v) is 18.0. The van der Waals surface area contributed by atoms with Crippen molar-refractivity contribution in [3.05, 3.63) is 35.4 Å². The molecule has 1 aromatic rings. The fraction of sp³-hybridized carbons (Fsp3) is 0.667. The molecule has 2 saturated heterocycles. The van der Waals surface area contributed by atoms with Gasteiger partial charge in [0.1, 0.15) is 0 Å². The van der Waals surface area contributed by atoms with Gasteiger partial charge in [0.05, 0.1) is 12.5 Å². The number of amides is 2. The van der Waals surface area contributed by atoms with Gasteiger partial charge in [0.15, 0.2) is 0 Å². The molecule has 158 valence electrons. The lowest BCUT2D eigenvalue weighted by Crippen LogP contribution is -2.50. The van der Waals surface area contributed by atoms with Gasteiger partial charge >= 0.3 is 6.09 Å². The highest BCUT2D eigenvalue weighted by molar-refractivity contribution is 5.80. The van der Waals surface area contributed by atoms with Gasteiger partial charge in [-0.3, -0.25) is 4.79 Å². The van der Waals surface area contributed by atoms with Crippen molar-refractivity contribution in [1.82, 2.24) is 10.2 Å². The Morgan fingerprint density at radius 3 is 2.62 bits per heavy atom. The summed E-state index contributed by atoms with van der Waals surface area (Å²) < 4.78 is 4.99. The predicted octanol–water partition coefficient (Wildman–Crippen LogP) is 4.22. The molecular weight excluding hydrogens is 364 g/mol. The summed E-state index contributed by atoms with van der Waals surface area (Å²) in [5.41, 5.74) is 3.50. The number of hydrogen-bond acceptors (Lipinski definition) is 3. The third-order valence-electron chi connectivity index (χ3n) is 7.26. The fourth-order valence-corrected chi connectivity index (χ4v) is 5.21. The van der Waals surface area contributed by atoms with Gasteiger partial charge in [0.25, 0.3) is 0 Å². The number of alkyl carbamates (subject to hydrolysis) is 1. The van der Waals surface area contributed by atoms with E-state index >= 15 is 0 Å². The summed E-state index contributed by atoms with van der Waals surface area (Å²) in [6.07, 6.45) is 4.90. The number of hydrogen-bond donors (Lipinski definition) is 1. The van der Waals surface area contributed by atoms with Crippen LogP contribution < -0.4 is 5.32 Å². The van der Waals surface area contributed by atoms with Crippen LogP contribution in [0.15, 0.2) is 24.3 Å². The first kappa shape index (κ1) is 20.2. The van der Waals surface area contributed by atoms with E-state index in [0.717, 1.165) is 25.9 Å². The smallest absolute Gasteiger partial charge is 0.407 e. The SMILES string of the molecule is CC(C)(C)c1cccc(C2CC3(CCN(C(=O)[C@@H]4CCOC(=O)NC4)CC3)C2)c1. The number of rotatable bonds is 2. The quantitative estimate of drug-likeness (QED) is 0.812. The fourth-order valence-electron chi connectivity index (χ4n) is 5.21. The summed E-state index contributed by atoms with van der Waals surface area (Å²) in [7, 11) is 0. The standard InChI is InChI=1S/C24H34N2O3/c1-23(2,3)20-6-4-5-17(13-20)19-14-24(15-19)8-10-26(11-9-24)21(27)18-7-12-29-22(28)25-16-18/h4-6,13,18-19H,7-12,14-16H2,1-3H3,(H,25,28)/t18-/m1/s1. The van der Waals surface area contributed by atoms with Crippen LogP contribution in [0.25, 0.3) is 0 Å². The number of likely N-dealkylation sites (tertiary alicyclic amines) is 1. The first-order valence-electron chi connectivity index (χ1n) is 11.1. The molecule has 1 saturated carbocycles. The molecule has 2 aliphatic heterocycles. The molecule has 2 heterocycles. The second kappa shape index (κ2) is 7.66. The van der Waals surface area contributed by atoms with Crippen molar-refractivity contribution in [2.24, 2.45) is 11.3 Å². The molecule has 1 atom stereocenters. The predicted molar refractivity (Wildman–Crippen MR) is 113 cm³/mol. The molecule has 29 heavy (non-hydrogen) atoms. The summed E-state index contributed by atoms with van der Waals surface area (Å²) in [6, 6.07) is 9.13. The number of nitrogens with one attached hydrogen (secondary N) is 1. The molecule has 0 bridgehead atoms. The Bertz CT molecular complexity index is 767. The first-order valence-corrected chi connectivity index (χ1v) is 11.1. The van der Waals surface area contributed by atoms with Crippen molar-refractivity contribution in [2.75, 3.05) is 26.2 Å². The van der Waals surface area contributed by atoms with Gasteiger partial charge in [-0.15, -0.1) is 0 Å². The third-order valence-corrected chi connectivity index (χ3v) is 7.26. The van der Waals surface area contributed by atoms with Gasteiger partial charge < -0.3 is 15.0 Å². The average molecular weight is 399 g/mol. The Balaban J connectivity index is 1.31. The molecule has 1 aromatic carbocycles. The number of carbonyl (C=O) groups is 2.